The highest BCUT2D eigenvalue weighted by Gasteiger charge is 2.52. The van der Waals surface area contributed by atoms with Crippen LogP contribution in [0.2, 0.25) is 0 Å². The van der Waals surface area contributed by atoms with Gasteiger partial charge in [-0.1, -0.05) is 24.3 Å². The molecule has 2 unspecified atom stereocenters. The van der Waals surface area contributed by atoms with Gasteiger partial charge >= 0.3 is 0 Å². The lowest BCUT2D eigenvalue weighted by Gasteiger charge is -2.10. The van der Waals surface area contributed by atoms with E-state index < -0.39 is 0 Å². The molecule has 1 aliphatic carbocycles. The second-order valence-electron chi connectivity index (χ2n) is 2.61. The minimum atomic E-state index is 0.487. The van der Waals surface area contributed by atoms with Gasteiger partial charge in [-0.05, 0) is 11.1 Å². The number of rotatable bonds is 0. The Morgan fingerprint density at radius 3 is 2.11 bits per heavy atom. The maximum absolute atomic E-state index is 5.30. The number of hydrogen-bond donors (Lipinski definition) is 0. The van der Waals surface area contributed by atoms with E-state index in [1.165, 1.54) is 11.1 Å². The Hall–Kier alpha value is -0.820. The molecule has 1 fully saturated rings. The van der Waals surface area contributed by atoms with Crippen LogP contribution in [-0.4, -0.2) is 0 Å². The molecular weight excluding hydrogens is 112 g/mol. The van der Waals surface area contributed by atoms with Gasteiger partial charge in [0.05, 0.1) is 0 Å². The lowest BCUT2D eigenvalue weighted by molar-refractivity contribution is 0.398. The van der Waals surface area contributed by atoms with Crippen molar-refractivity contribution in [3.05, 3.63) is 35.4 Å². The van der Waals surface area contributed by atoms with Gasteiger partial charge in [-0.15, -0.1) is 0 Å². The zero-order valence-electron chi connectivity index (χ0n) is 4.87. The van der Waals surface area contributed by atoms with Crippen molar-refractivity contribution >= 4 is 0 Å². The molecule has 0 saturated carbocycles. The monoisotopic (exact) mass is 118 g/mol. The third kappa shape index (κ3) is 0.330. The average Bonchev–Trinajstić information content (AvgIpc) is 2.58. The van der Waals surface area contributed by atoms with Crippen LogP contribution >= 0.6 is 0 Å². The Balaban J connectivity index is 2.31. The Morgan fingerprint density at radius 1 is 1.00 bits per heavy atom. The van der Waals surface area contributed by atoms with Gasteiger partial charge in [-0.2, -0.15) is 0 Å². The molecule has 1 nitrogen and oxygen atoms in total. The topological polar surface area (TPSA) is 12.5 Å². The molecule has 0 spiro atoms. The quantitative estimate of drug-likeness (QED) is 0.473. The van der Waals surface area contributed by atoms with Crippen molar-refractivity contribution in [3.63, 3.8) is 0 Å². The van der Waals surface area contributed by atoms with Crippen LogP contribution in [0.4, 0.5) is 0 Å². The van der Waals surface area contributed by atoms with Gasteiger partial charge < -0.3 is 4.74 Å². The highest BCUT2D eigenvalue weighted by molar-refractivity contribution is 5.46. The molecule has 1 aliphatic heterocycles. The van der Waals surface area contributed by atoms with E-state index in [9.17, 15) is 0 Å². The summed E-state index contributed by atoms with van der Waals surface area (Å²) in [7, 11) is 0. The van der Waals surface area contributed by atoms with Gasteiger partial charge in [0.15, 0.2) is 0 Å². The first kappa shape index (κ1) is 4.07. The Labute approximate surface area is 53.3 Å². The van der Waals surface area contributed by atoms with Crippen LogP contribution in [0.1, 0.15) is 23.3 Å². The first-order valence-corrected chi connectivity index (χ1v) is 3.21. The Bertz CT molecular complexity index is 240. The molecule has 1 heteroatoms. The summed E-state index contributed by atoms with van der Waals surface area (Å²) in [6, 6.07) is 8.42. The summed E-state index contributed by atoms with van der Waals surface area (Å²) in [4.78, 5) is 0. The maximum Gasteiger partial charge on any atom is 0.114 e. The molecule has 2 atom stereocenters. The van der Waals surface area contributed by atoms with Crippen LogP contribution in [0, 0.1) is 0 Å². The number of hydrogen-bond acceptors (Lipinski definition) is 1. The molecule has 0 aromatic heterocycles. The van der Waals surface area contributed by atoms with Gasteiger partial charge in [0.25, 0.3) is 0 Å². The van der Waals surface area contributed by atoms with Crippen molar-refractivity contribution in [1.82, 2.24) is 0 Å². The van der Waals surface area contributed by atoms with Gasteiger partial charge in [0.1, 0.15) is 12.2 Å². The second-order valence-corrected chi connectivity index (χ2v) is 2.61. The normalized spacial score (nSPS) is 34.2. The largest absolute Gasteiger partial charge is 0.359 e. The predicted molar refractivity (Wildman–Crippen MR) is 33.0 cm³/mol. The third-order valence-electron chi connectivity index (χ3n) is 2.10. The summed E-state index contributed by atoms with van der Waals surface area (Å²) in [5, 5.41) is 0. The van der Waals surface area contributed by atoms with Crippen LogP contribution in [0.5, 0.6) is 0 Å². The zero-order valence-corrected chi connectivity index (χ0v) is 4.87. The SMILES string of the molecule is c1ccc2c(c1)C1OC21. The molecule has 0 amide bonds. The molecule has 0 radical (unpaired) electrons. The van der Waals surface area contributed by atoms with E-state index in [0.717, 1.165) is 0 Å². The van der Waals surface area contributed by atoms with Gasteiger partial charge in [-0.3, -0.25) is 0 Å². The van der Waals surface area contributed by atoms with E-state index in [1.807, 2.05) is 0 Å². The van der Waals surface area contributed by atoms with E-state index in [1.54, 1.807) is 0 Å². The number of epoxide rings is 1. The minimum Gasteiger partial charge on any atom is -0.359 e. The molecule has 1 saturated heterocycles. The van der Waals surface area contributed by atoms with Crippen LogP contribution in [0.15, 0.2) is 24.3 Å². The van der Waals surface area contributed by atoms with Crippen molar-refractivity contribution in [2.75, 3.05) is 0 Å². The molecule has 1 aromatic rings. The fourth-order valence-corrected chi connectivity index (χ4v) is 1.52. The number of fused-ring (bicyclic) bond motifs is 4. The molecule has 9 heavy (non-hydrogen) atoms. The molecule has 1 aromatic carbocycles. The van der Waals surface area contributed by atoms with Crippen molar-refractivity contribution in [2.24, 2.45) is 0 Å². The fourth-order valence-electron chi connectivity index (χ4n) is 1.52. The van der Waals surface area contributed by atoms with E-state index in [-0.39, 0.29) is 0 Å². The molecule has 0 N–H and O–H groups in total. The van der Waals surface area contributed by atoms with Gasteiger partial charge in [-0.25, -0.2) is 0 Å². The summed E-state index contributed by atoms with van der Waals surface area (Å²) >= 11 is 0. The van der Waals surface area contributed by atoms with Crippen molar-refractivity contribution in [1.29, 1.82) is 0 Å². The van der Waals surface area contributed by atoms with Crippen LogP contribution in [0.3, 0.4) is 0 Å². The molecule has 2 aliphatic rings. The highest BCUT2D eigenvalue weighted by Crippen LogP contribution is 2.62. The Kier molecular flexibility index (Phi) is 0.474. The van der Waals surface area contributed by atoms with Crippen LogP contribution in [0.25, 0.3) is 0 Å². The first-order chi connectivity index (χ1) is 4.47. The smallest absolute Gasteiger partial charge is 0.114 e. The number of ether oxygens (including phenoxy) is 1. The lowest BCUT2D eigenvalue weighted by atomic mass is 9.89. The third-order valence-corrected chi connectivity index (χ3v) is 2.10. The molecule has 1 heterocycles. The van der Waals surface area contributed by atoms with Crippen molar-refractivity contribution in [3.8, 4) is 0 Å². The summed E-state index contributed by atoms with van der Waals surface area (Å²) in [6.45, 7) is 0. The minimum absolute atomic E-state index is 0.487. The van der Waals surface area contributed by atoms with E-state index in [2.05, 4.69) is 24.3 Å². The first-order valence-electron chi connectivity index (χ1n) is 3.21. The van der Waals surface area contributed by atoms with Crippen LogP contribution in [-0.2, 0) is 4.74 Å². The van der Waals surface area contributed by atoms with Crippen molar-refractivity contribution < 1.29 is 4.74 Å². The van der Waals surface area contributed by atoms with Crippen LogP contribution < -0.4 is 0 Å². The van der Waals surface area contributed by atoms with E-state index >= 15 is 0 Å². The number of benzene rings is 1. The molecule has 44 valence electrons. The molecular formula is C8H6O. The average molecular weight is 118 g/mol. The fraction of sp³-hybridized carbons (Fsp3) is 0.250. The Morgan fingerprint density at radius 2 is 1.56 bits per heavy atom. The summed E-state index contributed by atoms with van der Waals surface area (Å²) in [5.74, 6) is 0. The predicted octanol–water partition coefficient (Wildman–Crippen LogP) is 1.81. The second kappa shape index (κ2) is 1.05. The van der Waals surface area contributed by atoms with Crippen molar-refractivity contribution in [2.45, 2.75) is 12.2 Å². The summed E-state index contributed by atoms with van der Waals surface area (Å²) < 4.78 is 5.30. The highest BCUT2D eigenvalue weighted by atomic mass is 16.6. The summed E-state index contributed by atoms with van der Waals surface area (Å²) in [5.41, 5.74) is 2.81. The van der Waals surface area contributed by atoms with Gasteiger partial charge in [0, 0.05) is 0 Å². The standard InChI is InChI=1S/C8H6O/c1-2-4-6-5(3-1)7-8(6)9-7/h1-4,7-8H. The molecule has 0 bridgehead atoms. The zero-order chi connectivity index (χ0) is 5.84. The maximum atomic E-state index is 5.30. The lowest BCUT2D eigenvalue weighted by Crippen LogP contribution is -1.99. The summed E-state index contributed by atoms with van der Waals surface area (Å²) in [6.07, 6.45) is 0.974. The van der Waals surface area contributed by atoms with E-state index in [4.69, 9.17) is 4.74 Å². The van der Waals surface area contributed by atoms with Gasteiger partial charge in [0.2, 0.25) is 0 Å². The molecule has 3 rings (SSSR count). The van der Waals surface area contributed by atoms with E-state index in [0.29, 0.717) is 12.2 Å².